The third-order valence-electron chi connectivity index (χ3n) is 1.63. The van der Waals surface area contributed by atoms with Crippen LogP contribution in [0.5, 0.6) is 0 Å². The SMILES string of the molecule is CCC(OS(C)(=O)=O)C(C)(C)C. The molecule has 0 saturated carbocycles. The Labute approximate surface area is 75.2 Å². The molecule has 0 heterocycles. The zero-order chi connectivity index (χ0) is 9.99. The molecular formula is C8H18O3S. The van der Waals surface area contributed by atoms with E-state index in [0.717, 1.165) is 6.26 Å². The number of rotatable bonds is 3. The molecule has 0 amide bonds. The van der Waals surface area contributed by atoms with Crippen molar-refractivity contribution in [2.75, 3.05) is 6.26 Å². The summed E-state index contributed by atoms with van der Waals surface area (Å²) < 4.78 is 26.6. The fourth-order valence-electron chi connectivity index (χ4n) is 1.04. The van der Waals surface area contributed by atoms with Gasteiger partial charge in [0.05, 0.1) is 12.4 Å². The Morgan fingerprint density at radius 3 is 1.83 bits per heavy atom. The van der Waals surface area contributed by atoms with E-state index in [9.17, 15) is 8.42 Å². The molecule has 0 fully saturated rings. The van der Waals surface area contributed by atoms with Crippen molar-refractivity contribution in [2.24, 2.45) is 5.41 Å². The van der Waals surface area contributed by atoms with Crippen LogP contribution in [0.4, 0.5) is 0 Å². The van der Waals surface area contributed by atoms with Crippen LogP contribution in [0.25, 0.3) is 0 Å². The number of hydrogen-bond acceptors (Lipinski definition) is 3. The molecule has 4 heteroatoms. The maximum atomic E-state index is 10.8. The first-order valence-electron chi connectivity index (χ1n) is 4.05. The van der Waals surface area contributed by atoms with Crippen LogP contribution in [0.3, 0.4) is 0 Å². The maximum Gasteiger partial charge on any atom is 0.264 e. The fourth-order valence-corrected chi connectivity index (χ4v) is 1.88. The maximum absolute atomic E-state index is 10.8. The Hall–Kier alpha value is -0.0900. The van der Waals surface area contributed by atoms with Crippen molar-refractivity contribution >= 4 is 10.1 Å². The summed E-state index contributed by atoms with van der Waals surface area (Å²) in [4.78, 5) is 0. The third-order valence-corrected chi connectivity index (χ3v) is 2.21. The van der Waals surface area contributed by atoms with Gasteiger partial charge >= 0.3 is 0 Å². The first-order valence-corrected chi connectivity index (χ1v) is 5.86. The minimum atomic E-state index is -3.32. The molecule has 0 N–H and O–H groups in total. The van der Waals surface area contributed by atoms with Gasteiger partial charge in [0.1, 0.15) is 0 Å². The van der Waals surface area contributed by atoms with Gasteiger partial charge in [-0.2, -0.15) is 8.42 Å². The van der Waals surface area contributed by atoms with Gasteiger partial charge in [-0.1, -0.05) is 27.7 Å². The zero-order valence-electron chi connectivity index (χ0n) is 8.42. The lowest BCUT2D eigenvalue weighted by molar-refractivity contribution is 0.0908. The molecule has 1 atom stereocenters. The van der Waals surface area contributed by atoms with E-state index < -0.39 is 10.1 Å². The number of hydrogen-bond donors (Lipinski definition) is 0. The van der Waals surface area contributed by atoms with E-state index in [4.69, 9.17) is 4.18 Å². The van der Waals surface area contributed by atoms with Crippen LogP contribution in [0.15, 0.2) is 0 Å². The van der Waals surface area contributed by atoms with Crippen LogP contribution >= 0.6 is 0 Å². The highest BCUT2D eigenvalue weighted by atomic mass is 32.2. The Kier molecular flexibility index (Phi) is 3.72. The molecule has 0 aliphatic rings. The average Bonchev–Trinajstić information content (AvgIpc) is 1.78. The van der Waals surface area contributed by atoms with Crippen LogP contribution in [-0.4, -0.2) is 20.8 Å². The summed E-state index contributed by atoms with van der Waals surface area (Å²) in [5, 5.41) is 0. The Bertz CT molecular complexity index is 223. The molecule has 0 rings (SSSR count). The molecule has 0 bridgehead atoms. The van der Waals surface area contributed by atoms with Gasteiger partial charge in [-0.3, -0.25) is 4.18 Å². The van der Waals surface area contributed by atoms with Gasteiger partial charge < -0.3 is 0 Å². The van der Waals surface area contributed by atoms with Crippen LogP contribution in [0.2, 0.25) is 0 Å². The molecule has 12 heavy (non-hydrogen) atoms. The molecule has 1 unspecified atom stereocenters. The predicted molar refractivity (Wildman–Crippen MR) is 49.5 cm³/mol. The van der Waals surface area contributed by atoms with Gasteiger partial charge in [-0.05, 0) is 11.8 Å². The van der Waals surface area contributed by atoms with Crippen LogP contribution in [-0.2, 0) is 14.3 Å². The van der Waals surface area contributed by atoms with Gasteiger partial charge in [-0.15, -0.1) is 0 Å². The minimum absolute atomic E-state index is 0.127. The quantitative estimate of drug-likeness (QED) is 0.643. The van der Waals surface area contributed by atoms with Crippen molar-refractivity contribution < 1.29 is 12.6 Å². The van der Waals surface area contributed by atoms with Crippen molar-refractivity contribution in [1.29, 1.82) is 0 Å². The van der Waals surface area contributed by atoms with Gasteiger partial charge in [0.25, 0.3) is 10.1 Å². The lowest BCUT2D eigenvalue weighted by Gasteiger charge is -2.28. The highest BCUT2D eigenvalue weighted by molar-refractivity contribution is 7.86. The zero-order valence-corrected chi connectivity index (χ0v) is 9.23. The highest BCUT2D eigenvalue weighted by Gasteiger charge is 2.26. The summed E-state index contributed by atoms with van der Waals surface area (Å²) >= 11 is 0. The lowest BCUT2D eigenvalue weighted by Crippen LogP contribution is -2.30. The van der Waals surface area contributed by atoms with Crippen LogP contribution in [0, 0.1) is 5.41 Å². The smallest absolute Gasteiger partial charge is 0.264 e. The molecule has 0 aliphatic carbocycles. The molecule has 74 valence electrons. The van der Waals surface area contributed by atoms with E-state index >= 15 is 0 Å². The first kappa shape index (κ1) is 11.9. The molecular weight excluding hydrogens is 176 g/mol. The highest BCUT2D eigenvalue weighted by Crippen LogP contribution is 2.25. The first-order chi connectivity index (χ1) is 5.17. The Morgan fingerprint density at radius 1 is 1.33 bits per heavy atom. The fraction of sp³-hybridized carbons (Fsp3) is 1.00. The van der Waals surface area contributed by atoms with E-state index in [-0.39, 0.29) is 11.5 Å². The lowest BCUT2D eigenvalue weighted by atomic mass is 9.88. The molecule has 0 aromatic rings. The summed E-state index contributed by atoms with van der Waals surface area (Å²) in [7, 11) is -3.32. The summed E-state index contributed by atoms with van der Waals surface area (Å²) in [6.45, 7) is 7.81. The molecule has 0 radical (unpaired) electrons. The van der Waals surface area contributed by atoms with Crippen LogP contribution in [0.1, 0.15) is 34.1 Å². The van der Waals surface area contributed by atoms with Crippen molar-refractivity contribution in [3.05, 3.63) is 0 Å². The Balaban J connectivity index is 4.41. The summed E-state index contributed by atoms with van der Waals surface area (Å²) in [5.74, 6) is 0. The van der Waals surface area contributed by atoms with Crippen molar-refractivity contribution in [3.63, 3.8) is 0 Å². The molecule has 0 saturated heterocycles. The summed E-state index contributed by atoms with van der Waals surface area (Å²) in [5.41, 5.74) is -0.127. The second-order valence-electron chi connectivity index (χ2n) is 4.06. The van der Waals surface area contributed by atoms with Gasteiger partial charge in [0, 0.05) is 0 Å². The van der Waals surface area contributed by atoms with E-state index in [2.05, 4.69) is 0 Å². The second-order valence-corrected chi connectivity index (χ2v) is 5.66. The molecule has 0 aromatic heterocycles. The summed E-state index contributed by atoms with van der Waals surface area (Å²) in [6, 6.07) is 0. The van der Waals surface area contributed by atoms with Crippen molar-refractivity contribution in [3.8, 4) is 0 Å². The van der Waals surface area contributed by atoms with E-state index in [1.165, 1.54) is 0 Å². The van der Waals surface area contributed by atoms with Crippen molar-refractivity contribution in [1.82, 2.24) is 0 Å². The average molecular weight is 194 g/mol. The third kappa shape index (κ3) is 4.72. The van der Waals surface area contributed by atoms with E-state index in [1.807, 2.05) is 27.7 Å². The topological polar surface area (TPSA) is 43.4 Å². The molecule has 3 nitrogen and oxygen atoms in total. The minimum Gasteiger partial charge on any atom is -0.266 e. The predicted octanol–water partition coefficient (Wildman–Crippen LogP) is 1.79. The second kappa shape index (κ2) is 3.75. The van der Waals surface area contributed by atoms with Crippen LogP contribution < -0.4 is 0 Å². The van der Waals surface area contributed by atoms with Gasteiger partial charge in [0.15, 0.2) is 0 Å². The molecule has 0 spiro atoms. The normalized spacial score (nSPS) is 16.1. The van der Waals surface area contributed by atoms with E-state index in [1.54, 1.807) is 0 Å². The monoisotopic (exact) mass is 194 g/mol. The summed E-state index contributed by atoms with van der Waals surface area (Å²) in [6.07, 6.45) is 1.56. The largest absolute Gasteiger partial charge is 0.266 e. The molecule has 0 aromatic carbocycles. The molecule has 0 aliphatic heterocycles. The van der Waals surface area contributed by atoms with E-state index in [0.29, 0.717) is 6.42 Å². The Morgan fingerprint density at radius 2 is 1.75 bits per heavy atom. The van der Waals surface area contributed by atoms with Gasteiger partial charge in [0.2, 0.25) is 0 Å². The van der Waals surface area contributed by atoms with Gasteiger partial charge in [-0.25, -0.2) is 0 Å². The standard InChI is InChI=1S/C8H18O3S/c1-6-7(8(2,3)4)11-12(5,9)10/h7H,6H2,1-5H3. The van der Waals surface area contributed by atoms with Crippen molar-refractivity contribution in [2.45, 2.75) is 40.2 Å².